The molecule has 3 nitrogen and oxygen atoms in total. The highest BCUT2D eigenvalue weighted by atomic mass is 15.3. The molecule has 2 aliphatic heterocycles. The molecule has 1 atom stereocenters. The van der Waals surface area contributed by atoms with E-state index in [9.17, 15) is 5.26 Å². The van der Waals surface area contributed by atoms with E-state index < -0.39 is 0 Å². The topological polar surface area (TPSA) is 39.1 Å². The maximum atomic E-state index is 9.30. The molecule has 1 aromatic carbocycles. The molecular formula is C14H17N3. The molecule has 88 valence electrons. The minimum absolute atomic E-state index is 0.441. The SMILES string of the molecule is Cc1cc(C)c2c(c1C#N)NC1CCCN1C2. The fraction of sp³-hybridized carbons (Fsp3) is 0.500. The van der Waals surface area contributed by atoms with Crippen LogP contribution in [0.2, 0.25) is 0 Å². The first-order valence-electron chi connectivity index (χ1n) is 6.24. The number of aryl methyl sites for hydroxylation is 2. The highest BCUT2D eigenvalue weighted by Gasteiger charge is 2.31. The van der Waals surface area contributed by atoms with Crippen LogP contribution >= 0.6 is 0 Å². The van der Waals surface area contributed by atoms with Gasteiger partial charge >= 0.3 is 0 Å². The largest absolute Gasteiger partial charge is 0.368 e. The molecule has 0 saturated carbocycles. The molecule has 0 aromatic heterocycles. The minimum Gasteiger partial charge on any atom is -0.368 e. The summed E-state index contributed by atoms with van der Waals surface area (Å²) in [6.45, 7) is 6.33. The van der Waals surface area contributed by atoms with E-state index in [-0.39, 0.29) is 0 Å². The van der Waals surface area contributed by atoms with Gasteiger partial charge in [-0.05, 0) is 43.4 Å². The van der Waals surface area contributed by atoms with Gasteiger partial charge in [0.15, 0.2) is 0 Å². The smallest absolute Gasteiger partial charge is 0.102 e. The van der Waals surface area contributed by atoms with Crippen molar-refractivity contribution in [3.8, 4) is 6.07 Å². The first kappa shape index (κ1) is 10.6. The van der Waals surface area contributed by atoms with Gasteiger partial charge in [0.2, 0.25) is 0 Å². The third-order valence-corrected chi connectivity index (χ3v) is 4.00. The van der Waals surface area contributed by atoms with Crippen molar-refractivity contribution in [2.24, 2.45) is 0 Å². The lowest BCUT2D eigenvalue weighted by atomic mass is 9.95. The van der Waals surface area contributed by atoms with E-state index in [0.29, 0.717) is 6.17 Å². The van der Waals surface area contributed by atoms with Crippen molar-refractivity contribution in [3.63, 3.8) is 0 Å². The number of hydrogen-bond donors (Lipinski definition) is 1. The molecule has 0 amide bonds. The number of nitriles is 1. The van der Waals surface area contributed by atoms with E-state index >= 15 is 0 Å². The fourth-order valence-electron chi connectivity index (χ4n) is 3.08. The summed E-state index contributed by atoms with van der Waals surface area (Å²) >= 11 is 0. The second kappa shape index (κ2) is 3.75. The van der Waals surface area contributed by atoms with Crippen LogP contribution in [0, 0.1) is 25.2 Å². The van der Waals surface area contributed by atoms with Crippen molar-refractivity contribution in [2.75, 3.05) is 11.9 Å². The van der Waals surface area contributed by atoms with Crippen LogP contribution in [0.5, 0.6) is 0 Å². The number of nitrogens with zero attached hydrogens (tertiary/aromatic N) is 2. The lowest BCUT2D eigenvalue weighted by Crippen LogP contribution is -2.40. The summed E-state index contributed by atoms with van der Waals surface area (Å²) in [5, 5.41) is 12.9. The molecule has 0 radical (unpaired) electrons. The summed E-state index contributed by atoms with van der Waals surface area (Å²) in [5.41, 5.74) is 5.62. The Morgan fingerprint density at radius 2 is 2.24 bits per heavy atom. The van der Waals surface area contributed by atoms with Crippen molar-refractivity contribution in [1.29, 1.82) is 5.26 Å². The lowest BCUT2D eigenvalue weighted by Gasteiger charge is -2.34. The molecule has 2 aliphatic rings. The van der Waals surface area contributed by atoms with Crippen LogP contribution in [-0.2, 0) is 6.54 Å². The molecule has 2 heterocycles. The van der Waals surface area contributed by atoms with Crippen molar-refractivity contribution < 1.29 is 0 Å². The minimum atomic E-state index is 0.441. The van der Waals surface area contributed by atoms with Crippen LogP contribution in [0.15, 0.2) is 6.07 Å². The average molecular weight is 227 g/mol. The Kier molecular flexibility index (Phi) is 2.34. The Hall–Kier alpha value is -1.53. The molecule has 0 spiro atoms. The standard InChI is InChI=1S/C14H17N3/c1-9-6-10(2)12-8-17-5-3-4-13(17)16-14(12)11(9)7-15/h6,13,16H,3-5,8H2,1-2H3. The molecule has 3 heteroatoms. The monoisotopic (exact) mass is 227 g/mol. The van der Waals surface area contributed by atoms with Crippen LogP contribution < -0.4 is 5.32 Å². The van der Waals surface area contributed by atoms with E-state index in [1.54, 1.807) is 0 Å². The molecule has 0 aliphatic carbocycles. The molecule has 1 fully saturated rings. The Labute approximate surface area is 102 Å². The van der Waals surface area contributed by atoms with E-state index in [4.69, 9.17) is 0 Å². The number of benzene rings is 1. The summed E-state index contributed by atoms with van der Waals surface area (Å²) in [6, 6.07) is 4.48. The van der Waals surface area contributed by atoms with Crippen LogP contribution in [0.4, 0.5) is 5.69 Å². The zero-order valence-corrected chi connectivity index (χ0v) is 10.4. The molecule has 1 saturated heterocycles. The van der Waals surface area contributed by atoms with Crippen LogP contribution in [0.3, 0.4) is 0 Å². The highest BCUT2D eigenvalue weighted by molar-refractivity contribution is 5.69. The fourth-order valence-corrected chi connectivity index (χ4v) is 3.08. The average Bonchev–Trinajstić information content (AvgIpc) is 2.74. The van der Waals surface area contributed by atoms with Gasteiger partial charge in [-0.3, -0.25) is 4.90 Å². The van der Waals surface area contributed by atoms with Gasteiger partial charge < -0.3 is 5.32 Å². The van der Waals surface area contributed by atoms with Crippen molar-refractivity contribution in [2.45, 2.75) is 39.4 Å². The van der Waals surface area contributed by atoms with E-state index in [1.165, 1.54) is 30.5 Å². The summed E-state index contributed by atoms with van der Waals surface area (Å²) in [4.78, 5) is 2.48. The van der Waals surface area contributed by atoms with Crippen LogP contribution in [-0.4, -0.2) is 17.6 Å². The number of fused-ring (bicyclic) bond motifs is 2. The quantitative estimate of drug-likeness (QED) is 0.740. The lowest BCUT2D eigenvalue weighted by molar-refractivity contribution is 0.256. The van der Waals surface area contributed by atoms with E-state index in [0.717, 1.165) is 23.4 Å². The number of nitrogens with one attached hydrogen (secondary N) is 1. The Balaban J connectivity index is 2.14. The zero-order chi connectivity index (χ0) is 12.0. The van der Waals surface area contributed by atoms with Gasteiger partial charge in [0.1, 0.15) is 6.07 Å². The van der Waals surface area contributed by atoms with Gasteiger partial charge in [0, 0.05) is 13.1 Å². The number of rotatable bonds is 0. The third-order valence-electron chi connectivity index (χ3n) is 4.00. The number of hydrogen-bond acceptors (Lipinski definition) is 3. The highest BCUT2D eigenvalue weighted by Crippen LogP contribution is 2.36. The molecule has 17 heavy (non-hydrogen) atoms. The molecule has 1 unspecified atom stereocenters. The van der Waals surface area contributed by atoms with Gasteiger partial charge in [0.05, 0.1) is 17.4 Å². The Bertz CT molecular complexity index is 513. The van der Waals surface area contributed by atoms with E-state index in [2.05, 4.69) is 29.3 Å². The van der Waals surface area contributed by atoms with Crippen molar-refractivity contribution in [3.05, 3.63) is 28.3 Å². The van der Waals surface area contributed by atoms with Gasteiger partial charge in [-0.15, -0.1) is 0 Å². The molecule has 3 rings (SSSR count). The van der Waals surface area contributed by atoms with Gasteiger partial charge in [-0.25, -0.2) is 0 Å². The molecule has 0 bridgehead atoms. The predicted octanol–water partition coefficient (Wildman–Crippen LogP) is 2.52. The van der Waals surface area contributed by atoms with Crippen LogP contribution in [0.25, 0.3) is 0 Å². The molecule has 1 aromatic rings. The van der Waals surface area contributed by atoms with Crippen molar-refractivity contribution >= 4 is 5.69 Å². The molecular weight excluding hydrogens is 210 g/mol. The maximum Gasteiger partial charge on any atom is 0.102 e. The Morgan fingerprint density at radius 3 is 3.00 bits per heavy atom. The summed E-state index contributed by atoms with van der Waals surface area (Å²) in [6.07, 6.45) is 2.89. The van der Waals surface area contributed by atoms with E-state index in [1.807, 2.05) is 6.92 Å². The summed E-state index contributed by atoms with van der Waals surface area (Å²) in [5.74, 6) is 0. The van der Waals surface area contributed by atoms with Gasteiger partial charge in [-0.1, -0.05) is 6.07 Å². The molecule has 1 N–H and O–H groups in total. The first-order valence-corrected chi connectivity index (χ1v) is 6.24. The predicted molar refractivity (Wildman–Crippen MR) is 67.7 cm³/mol. The third kappa shape index (κ3) is 1.52. The van der Waals surface area contributed by atoms with Gasteiger partial charge in [0.25, 0.3) is 0 Å². The number of anilines is 1. The van der Waals surface area contributed by atoms with Crippen molar-refractivity contribution in [1.82, 2.24) is 4.90 Å². The zero-order valence-electron chi connectivity index (χ0n) is 10.4. The normalized spacial score (nSPS) is 22.5. The maximum absolute atomic E-state index is 9.30. The second-order valence-corrected chi connectivity index (χ2v) is 5.12. The Morgan fingerprint density at radius 1 is 1.41 bits per heavy atom. The summed E-state index contributed by atoms with van der Waals surface area (Å²) < 4.78 is 0. The second-order valence-electron chi connectivity index (χ2n) is 5.12. The van der Waals surface area contributed by atoms with Crippen LogP contribution in [0.1, 0.15) is 35.1 Å². The van der Waals surface area contributed by atoms with Gasteiger partial charge in [-0.2, -0.15) is 5.26 Å². The summed E-state index contributed by atoms with van der Waals surface area (Å²) in [7, 11) is 0. The first-order chi connectivity index (χ1) is 8.20.